The zero-order chi connectivity index (χ0) is 10.2. The van der Waals surface area contributed by atoms with Gasteiger partial charge in [-0.1, -0.05) is 18.2 Å². The van der Waals surface area contributed by atoms with E-state index >= 15 is 0 Å². The summed E-state index contributed by atoms with van der Waals surface area (Å²) in [6.45, 7) is 0.542. The number of alkyl halides is 1. The summed E-state index contributed by atoms with van der Waals surface area (Å²) in [4.78, 5) is 0.340. The summed E-state index contributed by atoms with van der Waals surface area (Å²) < 4.78 is 25.1. The SMILES string of the molecule is O=S(=O)(c1ccccc1)N1C[C@H]1CCl. The van der Waals surface area contributed by atoms with Crippen molar-refractivity contribution in [1.82, 2.24) is 4.31 Å². The number of hydrogen-bond acceptors (Lipinski definition) is 2. The van der Waals surface area contributed by atoms with E-state index in [2.05, 4.69) is 0 Å². The topological polar surface area (TPSA) is 37.1 Å². The highest BCUT2D eigenvalue weighted by molar-refractivity contribution is 7.89. The molecule has 0 aliphatic carbocycles. The monoisotopic (exact) mass is 231 g/mol. The van der Waals surface area contributed by atoms with Crippen molar-refractivity contribution in [2.24, 2.45) is 0 Å². The van der Waals surface area contributed by atoms with Gasteiger partial charge in [0, 0.05) is 12.4 Å². The van der Waals surface area contributed by atoms with Gasteiger partial charge < -0.3 is 0 Å². The van der Waals surface area contributed by atoms with Crippen LogP contribution in [0.15, 0.2) is 35.2 Å². The highest BCUT2D eigenvalue weighted by Gasteiger charge is 2.43. The van der Waals surface area contributed by atoms with Crippen LogP contribution in [0.4, 0.5) is 0 Å². The minimum atomic E-state index is -3.28. The van der Waals surface area contributed by atoms with Crippen molar-refractivity contribution in [1.29, 1.82) is 0 Å². The average molecular weight is 232 g/mol. The molecule has 14 heavy (non-hydrogen) atoms. The van der Waals surface area contributed by atoms with Crippen LogP contribution in [-0.4, -0.2) is 31.2 Å². The lowest BCUT2D eigenvalue weighted by molar-refractivity contribution is 0.556. The molecule has 0 spiro atoms. The molecule has 0 N–H and O–H groups in total. The molecule has 1 unspecified atom stereocenters. The van der Waals surface area contributed by atoms with E-state index in [4.69, 9.17) is 11.6 Å². The molecule has 0 saturated carbocycles. The van der Waals surface area contributed by atoms with Gasteiger partial charge in [0.15, 0.2) is 0 Å². The average Bonchev–Trinajstić information content (AvgIpc) is 2.98. The molecule has 1 saturated heterocycles. The van der Waals surface area contributed by atoms with Gasteiger partial charge >= 0.3 is 0 Å². The Morgan fingerprint density at radius 3 is 2.50 bits per heavy atom. The number of nitrogens with zero attached hydrogens (tertiary/aromatic N) is 1. The molecule has 76 valence electrons. The zero-order valence-electron chi connectivity index (χ0n) is 7.43. The largest absolute Gasteiger partial charge is 0.243 e. The predicted molar refractivity (Wildman–Crippen MR) is 54.8 cm³/mol. The molecule has 1 heterocycles. The summed E-state index contributed by atoms with van der Waals surface area (Å²) in [6, 6.07) is 8.40. The number of hydrogen-bond donors (Lipinski definition) is 0. The minimum absolute atomic E-state index is 0.0122. The van der Waals surface area contributed by atoms with E-state index < -0.39 is 10.0 Å². The normalized spacial score (nSPS) is 26.1. The zero-order valence-corrected chi connectivity index (χ0v) is 9.00. The third-order valence-corrected chi connectivity index (χ3v) is 4.48. The van der Waals surface area contributed by atoms with Gasteiger partial charge in [-0.05, 0) is 12.1 Å². The standard InChI is InChI=1S/C9H10ClNO2S/c10-6-8-7-11(8)14(12,13)9-4-2-1-3-5-9/h1-5,8H,6-7H2/t8-,11?/m1/s1. The first kappa shape index (κ1) is 9.96. The van der Waals surface area contributed by atoms with E-state index in [0.717, 1.165) is 0 Å². The molecule has 1 aromatic carbocycles. The summed E-state index contributed by atoms with van der Waals surface area (Å²) in [6.07, 6.45) is 0. The van der Waals surface area contributed by atoms with Crippen LogP contribution in [0.2, 0.25) is 0 Å². The van der Waals surface area contributed by atoms with Gasteiger partial charge in [-0.25, -0.2) is 8.42 Å². The molecule has 1 aliphatic heterocycles. The Labute approximate surface area is 88.3 Å². The molecular weight excluding hydrogens is 222 g/mol. The molecular formula is C9H10ClNO2S. The Bertz CT molecular complexity index is 418. The molecule has 0 aromatic heterocycles. The first-order chi connectivity index (χ1) is 6.66. The summed E-state index contributed by atoms with van der Waals surface area (Å²) in [7, 11) is -3.28. The molecule has 0 radical (unpaired) electrons. The maximum atomic E-state index is 11.8. The van der Waals surface area contributed by atoms with E-state index in [-0.39, 0.29) is 6.04 Å². The Kier molecular flexibility index (Phi) is 2.51. The van der Waals surface area contributed by atoms with E-state index in [0.29, 0.717) is 17.3 Å². The van der Waals surface area contributed by atoms with E-state index in [9.17, 15) is 8.42 Å². The molecule has 0 amide bonds. The van der Waals surface area contributed by atoms with E-state index in [1.165, 1.54) is 4.31 Å². The fourth-order valence-corrected chi connectivity index (χ4v) is 3.26. The van der Waals surface area contributed by atoms with Crippen molar-refractivity contribution in [3.63, 3.8) is 0 Å². The molecule has 2 rings (SSSR count). The van der Waals surface area contributed by atoms with Gasteiger partial charge in [-0.15, -0.1) is 11.6 Å². The molecule has 3 nitrogen and oxygen atoms in total. The third kappa shape index (κ3) is 1.65. The summed E-state index contributed by atoms with van der Waals surface area (Å²) in [5, 5.41) is 0. The molecule has 2 atom stereocenters. The van der Waals surface area contributed by atoms with E-state index in [1.54, 1.807) is 30.3 Å². The van der Waals surface area contributed by atoms with Crippen molar-refractivity contribution < 1.29 is 8.42 Å². The van der Waals surface area contributed by atoms with Gasteiger partial charge in [0.05, 0.1) is 10.9 Å². The van der Waals surface area contributed by atoms with Gasteiger partial charge in [0.1, 0.15) is 0 Å². The van der Waals surface area contributed by atoms with Crippen LogP contribution < -0.4 is 0 Å². The molecule has 1 aliphatic rings. The lowest BCUT2D eigenvalue weighted by Gasteiger charge is -2.04. The number of benzene rings is 1. The van der Waals surface area contributed by atoms with Crippen molar-refractivity contribution >= 4 is 21.6 Å². The molecule has 5 heteroatoms. The quantitative estimate of drug-likeness (QED) is 0.581. The number of sulfonamides is 1. The van der Waals surface area contributed by atoms with Crippen LogP contribution in [0.3, 0.4) is 0 Å². The van der Waals surface area contributed by atoms with Gasteiger partial charge in [0.2, 0.25) is 10.0 Å². The lowest BCUT2D eigenvalue weighted by Crippen LogP contribution is -2.15. The van der Waals surface area contributed by atoms with Crippen molar-refractivity contribution in [3.8, 4) is 0 Å². The van der Waals surface area contributed by atoms with Crippen LogP contribution in [0.5, 0.6) is 0 Å². The van der Waals surface area contributed by atoms with Gasteiger partial charge in [-0.3, -0.25) is 0 Å². The maximum absolute atomic E-state index is 11.8. The van der Waals surface area contributed by atoms with Gasteiger partial charge in [0.25, 0.3) is 0 Å². The van der Waals surface area contributed by atoms with Crippen LogP contribution in [0.1, 0.15) is 0 Å². The second-order valence-corrected chi connectivity index (χ2v) is 5.40. The van der Waals surface area contributed by atoms with Crippen molar-refractivity contribution in [3.05, 3.63) is 30.3 Å². The maximum Gasteiger partial charge on any atom is 0.243 e. The second-order valence-electron chi connectivity index (χ2n) is 3.20. The van der Waals surface area contributed by atoms with Crippen LogP contribution in [-0.2, 0) is 10.0 Å². The number of halogens is 1. The highest BCUT2D eigenvalue weighted by atomic mass is 35.5. The van der Waals surface area contributed by atoms with Gasteiger partial charge in [-0.2, -0.15) is 4.31 Å². The lowest BCUT2D eigenvalue weighted by atomic mass is 10.4. The molecule has 1 fully saturated rings. The second kappa shape index (κ2) is 3.53. The molecule has 0 bridgehead atoms. The summed E-state index contributed by atoms with van der Waals surface area (Å²) in [5.74, 6) is 0.367. The summed E-state index contributed by atoms with van der Waals surface area (Å²) in [5.41, 5.74) is 0. The van der Waals surface area contributed by atoms with Crippen LogP contribution in [0.25, 0.3) is 0 Å². The fourth-order valence-electron chi connectivity index (χ4n) is 1.31. The predicted octanol–water partition coefficient (Wildman–Crippen LogP) is 1.30. The van der Waals surface area contributed by atoms with Crippen LogP contribution in [0, 0.1) is 0 Å². The highest BCUT2D eigenvalue weighted by Crippen LogP contribution is 2.28. The third-order valence-electron chi connectivity index (χ3n) is 2.19. The number of rotatable bonds is 3. The first-order valence-electron chi connectivity index (χ1n) is 4.29. The Morgan fingerprint density at radius 1 is 1.36 bits per heavy atom. The Balaban J connectivity index is 2.27. The molecule has 1 aromatic rings. The Morgan fingerprint density at radius 2 is 2.00 bits per heavy atom. The van der Waals surface area contributed by atoms with Crippen molar-refractivity contribution in [2.75, 3.05) is 12.4 Å². The first-order valence-corrected chi connectivity index (χ1v) is 6.26. The van der Waals surface area contributed by atoms with E-state index in [1.807, 2.05) is 0 Å². The van der Waals surface area contributed by atoms with Crippen LogP contribution >= 0.6 is 11.6 Å². The Hall–Kier alpha value is -0.580. The summed E-state index contributed by atoms with van der Waals surface area (Å²) >= 11 is 5.58. The van der Waals surface area contributed by atoms with Crippen molar-refractivity contribution in [2.45, 2.75) is 10.9 Å². The smallest absolute Gasteiger partial charge is 0.207 e. The fraction of sp³-hybridized carbons (Fsp3) is 0.333. The minimum Gasteiger partial charge on any atom is -0.207 e.